The SMILES string of the molecule is CC1CCC(n2c(C(C)Cl)nc3cc(F)c(Br)cc32)CC1. The fraction of sp³-hybridized carbons (Fsp3) is 0.562. The monoisotopic (exact) mass is 372 g/mol. The molecule has 2 aromatic rings. The molecule has 3 rings (SSSR count). The summed E-state index contributed by atoms with van der Waals surface area (Å²) in [6, 6.07) is 3.74. The van der Waals surface area contributed by atoms with E-state index in [1.165, 1.54) is 18.9 Å². The van der Waals surface area contributed by atoms with Gasteiger partial charge in [-0.15, -0.1) is 11.6 Å². The molecule has 0 aliphatic heterocycles. The Hall–Kier alpha value is -0.610. The summed E-state index contributed by atoms with van der Waals surface area (Å²) in [7, 11) is 0. The molecule has 2 nitrogen and oxygen atoms in total. The molecule has 1 saturated carbocycles. The Balaban J connectivity index is 2.14. The van der Waals surface area contributed by atoms with Crippen molar-refractivity contribution < 1.29 is 4.39 Å². The van der Waals surface area contributed by atoms with Crippen molar-refractivity contribution in [2.45, 2.75) is 50.9 Å². The van der Waals surface area contributed by atoms with Crippen LogP contribution in [0, 0.1) is 11.7 Å². The Morgan fingerprint density at radius 3 is 2.62 bits per heavy atom. The molecule has 0 bridgehead atoms. The van der Waals surface area contributed by atoms with Crippen molar-refractivity contribution in [1.29, 1.82) is 0 Å². The first-order valence-electron chi connectivity index (χ1n) is 7.48. The number of hydrogen-bond acceptors (Lipinski definition) is 1. The minimum atomic E-state index is -0.279. The molecule has 1 atom stereocenters. The van der Waals surface area contributed by atoms with Crippen molar-refractivity contribution in [2.75, 3.05) is 0 Å². The zero-order chi connectivity index (χ0) is 15.1. The van der Waals surface area contributed by atoms with Gasteiger partial charge in [-0.1, -0.05) is 6.92 Å². The summed E-state index contributed by atoms with van der Waals surface area (Å²) in [6.07, 6.45) is 4.72. The van der Waals surface area contributed by atoms with Gasteiger partial charge in [0.1, 0.15) is 11.6 Å². The van der Waals surface area contributed by atoms with Crippen LogP contribution in [-0.4, -0.2) is 9.55 Å². The molecular weight excluding hydrogens is 355 g/mol. The molecule has 1 heterocycles. The van der Waals surface area contributed by atoms with Gasteiger partial charge >= 0.3 is 0 Å². The number of rotatable bonds is 2. The molecule has 1 aromatic heterocycles. The van der Waals surface area contributed by atoms with E-state index in [1.54, 1.807) is 0 Å². The van der Waals surface area contributed by atoms with E-state index in [-0.39, 0.29) is 11.2 Å². The zero-order valence-corrected chi connectivity index (χ0v) is 14.6. The molecule has 0 spiro atoms. The van der Waals surface area contributed by atoms with Gasteiger partial charge in [0.05, 0.1) is 20.9 Å². The Kier molecular flexibility index (Phi) is 4.28. The third-order valence-electron chi connectivity index (χ3n) is 4.47. The first-order chi connectivity index (χ1) is 9.97. The number of halogens is 3. The van der Waals surface area contributed by atoms with Gasteiger partial charge in [0.2, 0.25) is 0 Å². The van der Waals surface area contributed by atoms with Crippen molar-refractivity contribution in [3.63, 3.8) is 0 Å². The first-order valence-corrected chi connectivity index (χ1v) is 8.71. The van der Waals surface area contributed by atoms with E-state index >= 15 is 0 Å². The van der Waals surface area contributed by atoms with Crippen LogP contribution in [0.4, 0.5) is 4.39 Å². The second kappa shape index (κ2) is 5.88. The predicted molar refractivity (Wildman–Crippen MR) is 88.3 cm³/mol. The van der Waals surface area contributed by atoms with Gasteiger partial charge in [0, 0.05) is 12.1 Å². The largest absolute Gasteiger partial charge is 0.324 e. The van der Waals surface area contributed by atoms with Crippen LogP contribution in [0.3, 0.4) is 0 Å². The third-order valence-corrected chi connectivity index (χ3v) is 5.27. The van der Waals surface area contributed by atoms with E-state index < -0.39 is 0 Å². The summed E-state index contributed by atoms with van der Waals surface area (Å²) in [6.45, 7) is 4.23. The third kappa shape index (κ3) is 2.85. The highest BCUT2D eigenvalue weighted by atomic mass is 79.9. The van der Waals surface area contributed by atoms with Gasteiger partial charge in [-0.3, -0.25) is 0 Å². The van der Waals surface area contributed by atoms with Crippen molar-refractivity contribution in [3.8, 4) is 0 Å². The van der Waals surface area contributed by atoms with Gasteiger partial charge in [-0.2, -0.15) is 0 Å². The van der Waals surface area contributed by atoms with Crippen LogP contribution in [0.25, 0.3) is 11.0 Å². The number of nitrogens with zero attached hydrogens (tertiary/aromatic N) is 2. The van der Waals surface area contributed by atoms with E-state index in [0.717, 1.165) is 30.1 Å². The van der Waals surface area contributed by atoms with Crippen molar-refractivity contribution in [3.05, 3.63) is 28.2 Å². The normalized spacial score (nSPS) is 24.4. The Labute approximate surface area is 137 Å². The maximum Gasteiger partial charge on any atom is 0.139 e. The quantitative estimate of drug-likeness (QED) is 0.591. The summed E-state index contributed by atoms with van der Waals surface area (Å²) >= 11 is 9.60. The molecule has 1 aliphatic rings. The second-order valence-corrected chi connectivity index (χ2v) is 7.63. The maximum absolute atomic E-state index is 13.8. The lowest BCUT2D eigenvalue weighted by Crippen LogP contribution is -2.19. The van der Waals surface area contributed by atoms with Crippen molar-refractivity contribution in [2.24, 2.45) is 5.92 Å². The second-order valence-electron chi connectivity index (χ2n) is 6.12. The van der Waals surface area contributed by atoms with Gasteiger partial charge in [-0.05, 0) is 60.5 Å². The molecule has 1 aromatic carbocycles. The number of aromatic nitrogens is 2. The van der Waals surface area contributed by atoms with Crippen LogP contribution >= 0.6 is 27.5 Å². The summed E-state index contributed by atoms with van der Waals surface area (Å²) in [5.74, 6) is 1.36. The van der Waals surface area contributed by atoms with E-state index in [9.17, 15) is 4.39 Å². The number of alkyl halides is 1. The Morgan fingerprint density at radius 2 is 2.00 bits per heavy atom. The fourth-order valence-electron chi connectivity index (χ4n) is 3.27. The number of fused-ring (bicyclic) bond motifs is 1. The number of benzene rings is 1. The highest BCUT2D eigenvalue weighted by molar-refractivity contribution is 9.10. The zero-order valence-electron chi connectivity index (χ0n) is 12.2. The molecule has 1 unspecified atom stereocenters. The minimum Gasteiger partial charge on any atom is -0.324 e. The lowest BCUT2D eigenvalue weighted by atomic mass is 9.87. The standard InChI is InChI=1S/C16H19BrClFN2/c1-9-3-5-11(6-4-9)21-15-7-12(17)13(19)8-14(15)20-16(21)10(2)18/h7-11H,3-6H2,1-2H3. The molecule has 21 heavy (non-hydrogen) atoms. The molecule has 0 N–H and O–H groups in total. The van der Waals surface area contributed by atoms with Gasteiger partial charge in [0.15, 0.2) is 0 Å². The van der Waals surface area contributed by atoms with Crippen LogP contribution in [-0.2, 0) is 0 Å². The first kappa shape index (κ1) is 15.3. The van der Waals surface area contributed by atoms with E-state index in [0.29, 0.717) is 16.0 Å². The van der Waals surface area contributed by atoms with Crippen molar-refractivity contribution in [1.82, 2.24) is 9.55 Å². The van der Waals surface area contributed by atoms with Crippen molar-refractivity contribution >= 4 is 38.6 Å². The summed E-state index contributed by atoms with van der Waals surface area (Å²) in [5, 5.41) is -0.182. The molecule has 0 amide bonds. The Bertz CT molecular complexity index is 660. The average molecular weight is 374 g/mol. The smallest absolute Gasteiger partial charge is 0.139 e. The van der Waals surface area contributed by atoms with Crippen LogP contribution in [0.2, 0.25) is 0 Å². The highest BCUT2D eigenvalue weighted by Gasteiger charge is 2.26. The average Bonchev–Trinajstić information content (AvgIpc) is 2.79. The topological polar surface area (TPSA) is 17.8 Å². The molecule has 5 heteroatoms. The predicted octanol–water partition coefficient (Wildman–Crippen LogP) is 5.99. The molecule has 0 radical (unpaired) electrons. The van der Waals surface area contributed by atoms with Gasteiger partial charge in [-0.25, -0.2) is 9.37 Å². The van der Waals surface area contributed by atoms with Gasteiger partial charge in [0.25, 0.3) is 0 Å². The number of hydrogen-bond donors (Lipinski definition) is 0. The number of imidazole rings is 1. The van der Waals surface area contributed by atoms with E-state index in [1.807, 2.05) is 13.0 Å². The summed E-state index contributed by atoms with van der Waals surface area (Å²) in [4.78, 5) is 4.58. The Morgan fingerprint density at radius 1 is 1.33 bits per heavy atom. The minimum absolute atomic E-state index is 0.182. The lowest BCUT2D eigenvalue weighted by molar-refractivity contribution is 0.289. The molecule has 1 aliphatic carbocycles. The maximum atomic E-state index is 13.8. The van der Waals surface area contributed by atoms with Gasteiger partial charge < -0.3 is 4.57 Å². The summed E-state index contributed by atoms with van der Waals surface area (Å²) < 4.78 is 16.5. The molecular formula is C16H19BrClFN2. The molecule has 0 saturated heterocycles. The highest BCUT2D eigenvalue weighted by Crippen LogP contribution is 2.38. The van der Waals surface area contributed by atoms with Crippen LogP contribution < -0.4 is 0 Å². The lowest BCUT2D eigenvalue weighted by Gasteiger charge is -2.29. The van der Waals surface area contributed by atoms with Crippen LogP contribution in [0.1, 0.15) is 56.8 Å². The molecule has 114 valence electrons. The fourth-order valence-corrected chi connectivity index (χ4v) is 3.76. The molecule has 1 fully saturated rings. The van der Waals surface area contributed by atoms with E-state index in [4.69, 9.17) is 11.6 Å². The van der Waals surface area contributed by atoms with Crippen LogP contribution in [0.15, 0.2) is 16.6 Å². The van der Waals surface area contributed by atoms with E-state index in [2.05, 4.69) is 32.4 Å². The summed E-state index contributed by atoms with van der Waals surface area (Å²) in [5.41, 5.74) is 1.67. The van der Waals surface area contributed by atoms with Crippen LogP contribution in [0.5, 0.6) is 0 Å².